The van der Waals surface area contributed by atoms with E-state index in [0.29, 0.717) is 38.4 Å². The number of ether oxygens (including phenoxy) is 3. The first-order valence-electron chi connectivity index (χ1n) is 19.3. The zero-order valence-corrected chi connectivity index (χ0v) is 32.4. The van der Waals surface area contributed by atoms with Crippen molar-refractivity contribution in [1.29, 1.82) is 0 Å². The highest BCUT2D eigenvalue weighted by atomic mass is 16.5. The van der Waals surface area contributed by atoms with Crippen molar-refractivity contribution in [2.75, 3.05) is 34.0 Å². The van der Waals surface area contributed by atoms with E-state index in [4.69, 9.17) is 14.2 Å². The number of H-pyrrole nitrogens is 2. The quantitative estimate of drug-likeness (QED) is 0.135. The van der Waals surface area contributed by atoms with Gasteiger partial charge < -0.3 is 45.0 Å². The molecule has 2 fully saturated rings. The van der Waals surface area contributed by atoms with E-state index in [2.05, 4.69) is 60.2 Å². The Labute approximate surface area is 326 Å². The van der Waals surface area contributed by atoms with Crippen LogP contribution in [0.4, 0.5) is 9.59 Å². The van der Waals surface area contributed by atoms with Crippen LogP contribution in [-0.2, 0) is 23.8 Å². The van der Waals surface area contributed by atoms with Gasteiger partial charge in [-0.05, 0) is 60.3 Å². The van der Waals surface area contributed by atoms with Crippen LogP contribution in [0, 0.1) is 5.92 Å². The molecule has 298 valence electrons. The molecule has 0 bridgehead atoms. The van der Waals surface area contributed by atoms with Crippen molar-refractivity contribution < 1.29 is 33.4 Å². The molecule has 2 aromatic carbocycles. The van der Waals surface area contributed by atoms with Gasteiger partial charge in [0.05, 0.1) is 50.1 Å². The van der Waals surface area contributed by atoms with Crippen molar-refractivity contribution in [1.82, 2.24) is 40.8 Å². The summed E-state index contributed by atoms with van der Waals surface area (Å²) < 4.78 is 15.3. The van der Waals surface area contributed by atoms with Crippen molar-refractivity contribution in [3.8, 4) is 33.6 Å². The van der Waals surface area contributed by atoms with E-state index in [1.54, 1.807) is 17.3 Å². The molecule has 0 unspecified atom stereocenters. The number of rotatable bonds is 9. The van der Waals surface area contributed by atoms with Crippen LogP contribution in [0.25, 0.3) is 33.6 Å². The second-order valence-electron chi connectivity index (χ2n) is 14.6. The number of carbonyl (C=O) groups is 4. The zero-order valence-electron chi connectivity index (χ0n) is 32.4. The van der Waals surface area contributed by atoms with Crippen molar-refractivity contribution >= 4 is 24.0 Å². The molecule has 0 radical (unpaired) electrons. The summed E-state index contributed by atoms with van der Waals surface area (Å²) in [6.07, 6.45) is 7.49. The molecule has 56 heavy (non-hydrogen) atoms. The highest BCUT2D eigenvalue weighted by Crippen LogP contribution is 2.33. The Hall–Kier alpha value is -5.70. The molecule has 4 atom stereocenters. The third-order valence-corrected chi connectivity index (χ3v) is 10.4. The summed E-state index contributed by atoms with van der Waals surface area (Å²) in [7, 11) is 2.57. The van der Waals surface area contributed by atoms with E-state index in [-0.39, 0.29) is 23.8 Å². The Balaban J connectivity index is 1.11. The van der Waals surface area contributed by atoms with Crippen LogP contribution in [0.15, 0.2) is 60.9 Å². The molecular weight excluding hydrogens is 716 g/mol. The minimum absolute atomic E-state index is 0.108. The lowest BCUT2D eigenvalue weighted by molar-refractivity contribution is -0.135. The Bertz CT molecular complexity index is 1940. The van der Waals surface area contributed by atoms with Gasteiger partial charge in [-0.3, -0.25) is 9.59 Å². The summed E-state index contributed by atoms with van der Waals surface area (Å²) in [5, 5.41) is 8.42. The first-order valence-corrected chi connectivity index (χ1v) is 19.3. The lowest BCUT2D eigenvalue weighted by Crippen LogP contribution is -2.51. The standard InChI is InChI=1S/C41H52N8O7/c1-25(2)35(48-41(53)55-4)39(51)49-20-8-10-34(49)37-43-24-33(45-37)29-17-13-27(14-18-29)26-11-15-28(16-12-26)32-23-42-36(44-32)30-19-22-56-21-7-5-6-9-31(38(50)46-30)47-40(52)54-3/h11-18,23-25,30-31,34-35H,5-10,19-22H2,1-4H3,(H,42,44)(H,43,45)(H,46,50)(H,47,52)(H,48,53)/t30-,31-,34-,35+/m0/s1. The Morgan fingerprint density at radius 1 is 0.768 bits per heavy atom. The molecule has 0 aliphatic carbocycles. The number of hydrogen-bond acceptors (Lipinski definition) is 9. The predicted molar refractivity (Wildman–Crippen MR) is 209 cm³/mol. The molecule has 4 aromatic rings. The minimum Gasteiger partial charge on any atom is -0.453 e. The predicted octanol–water partition coefficient (Wildman–Crippen LogP) is 6.04. The molecule has 2 aliphatic rings. The van der Waals surface area contributed by atoms with E-state index in [1.807, 2.05) is 38.1 Å². The fourth-order valence-electron chi connectivity index (χ4n) is 7.24. The number of amides is 4. The molecule has 2 aliphatic heterocycles. The summed E-state index contributed by atoms with van der Waals surface area (Å²) in [5.74, 6) is 0.780. The highest BCUT2D eigenvalue weighted by molar-refractivity contribution is 5.87. The van der Waals surface area contributed by atoms with Crippen molar-refractivity contribution in [3.63, 3.8) is 0 Å². The summed E-state index contributed by atoms with van der Waals surface area (Å²) >= 11 is 0. The molecule has 4 heterocycles. The van der Waals surface area contributed by atoms with Gasteiger partial charge >= 0.3 is 12.2 Å². The van der Waals surface area contributed by atoms with Crippen LogP contribution < -0.4 is 16.0 Å². The minimum atomic E-state index is -0.708. The van der Waals surface area contributed by atoms with Crippen LogP contribution >= 0.6 is 0 Å². The second kappa shape index (κ2) is 18.8. The third kappa shape index (κ3) is 9.75. The molecule has 6 rings (SSSR count). The van der Waals surface area contributed by atoms with E-state index >= 15 is 0 Å². The van der Waals surface area contributed by atoms with Gasteiger partial charge in [0.1, 0.15) is 23.7 Å². The fourth-order valence-corrected chi connectivity index (χ4v) is 7.24. The van der Waals surface area contributed by atoms with Gasteiger partial charge in [-0.15, -0.1) is 0 Å². The van der Waals surface area contributed by atoms with Gasteiger partial charge in [0.15, 0.2) is 0 Å². The summed E-state index contributed by atoms with van der Waals surface area (Å²) in [5.41, 5.74) is 5.65. The lowest BCUT2D eigenvalue weighted by atomic mass is 10.0. The number of likely N-dealkylation sites (tertiary alicyclic amines) is 1. The summed E-state index contributed by atoms with van der Waals surface area (Å²) in [6.45, 7) is 5.48. The van der Waals surface area contributed by atoms with Crippen LogP contribution in [0.1, 0.15) is 82.5 Å². The molecule has 15 nitrogen and oxygen atoms in total. The fraction of sp³-hybridized carbons (Fsp3) is 0.463. The van der Waals surface area contributed by atoms with E-state index in [1.165, 1.54) is 14.2 Å². The Morgan fingerprint density at radius 3 is 2.00 bits per heavy atom. The monoisotopic (exact) mass is 768 g/mol. The van der Waals surface area contributed by atoms with E-state index in [9.17, 15) is 19.2 Å². The van der Waals surface area contributed by atoms with Gasteiger partial charge in [-0.25, -0.2) is 19.6 Å². The first-order chi connectivity index (χ1) is 27.1. The molecule has 0 spiro atoms. The number of hydrogen-bond donors (Lipinski definition) is 5. The number of aromatic nitrogens is 4. The lowest BCUT2D eigenvalue weighted by Gasteiger charge is -2.30. The molecule has 2 aromatic heterocycles. The molecular formula is C41H52N8O7. The number of nitrogens with one attached hydrogen (secondary N) is 5. The van der Waals surface area contributed by atoms with E-state index < -0.39 is 30.3 Å². The van der Waals surface area contributed by atoms with Crippen LogP contribution in [0.5, 0.6) is 0 Å². The molecule has 0 saturated carbocycles. The van der Waals surface area contributed by atoms with Gasteiger partial charge in [0.25, 0.3) is 0 Å². The first kappa shape index (κ1) is 40.0. The zero-order chi connectivity index (χ0) is 39.6. The maximum absolute atomic E-state index is 13.5. The van der Waals surface area contributed by atoms with Gasteiger partial charge in [-0.1, -0.05) is 75.2 Å². The molecule has 5 N–H and O–H groups in total. The van der Waals surface area contributed by atoms with Crippen molar-refractivity contribution in [2.45, 2.75) is 83.0 Å². The highest BCUT2D eigenvalue weighted by Gasteiger charge is 2.37. The number of nitrogens with zero attached hydrogens (tertiary/aromatic N) is 3. The number of methoxy groups -OCH3 is 2. The summed E-state index contributed by atoms with van der Waals surface area (Å²) in [4.78, 5) is 68.6. The number of aromatic amines is 2. The number of alkyl carbamates (subject to hydrolysis) is 2. The maximum atomic E-state index is 13.5. The third-order valence-electron chi connectivity index (χ3n) is 10.4. The normalized spacial score (nSPS) is 20.0. The Morgan fingerprint density at radius 2 is 1.38 bits per heavy atom. The van der Waals surface area contributed by atoms with Gasteiger partial charge in [-0.2, -0.15) is 0 Å². The molecule has 15 heteroatoms. The number of carbonyl (C=O) groups excluding carboxylic acids is 4. The van der Waals surface area contributed by atoms with Crippen molar-refractivity contribution in [3.05, 3.63) is 72.6 Å². The number of benzene rings is 2. The smallest absolute Gasteiger partial charge is 0.407 e. The van der Waals surface area contributed by atoms with Gasteiger partial charge in [0, 0.05) is 19.8 Å². The Kier molecular flexibility index (Phi) is 13.4. The van der Waals surface area contributed by atoms with Crippen LogP contribution in [0.3, 0.4) is 0 Å². The SMILES string of the molecule is COC(=O)N[C@H]1CCCCCOCC[C@@H](c2ncc(-c3ccc(-c4ccc(-c5cnc([C@@H]6CCCN6C(=O)[C@H](NC(=O)OC)C(C)C)[nH]5)cc4)cc3)[nH]2)NC1=O. The summed E-state index contributed by atoms with van der Waals surface area (Å²) in [6, 6.07) is 14.3. The number of imidazole rings is 2. The van der Waals surface area contributed by atoms with Gasteiger partial charge in [0.2, 0.25) is 11.8 Å². The second-order valence-corrected chi connectivity index (χ2v) is 14.6. The largest absolute Gasteiger partial charge is 0.453 e. The maximum Gasteiger partial charge on any atom is 0.407 e. The molecule has 2 saturated heterocycles. The molecule has 4 amide bonds. The van der Waals surface area contributed by atoms with Crippen LogP contribution in [-0.4, -0.2) is 94.9 Å². The average Bonchev–Trinajstić information content (AvgIpc) is 4.01. The van der Waals surface area contributed by atoms with Crippen LogP contribution in [0.2, 0.25) is 0 Å². The average molecular weight is 769 g/mol. The van der Waals surface area contributed by atoms with Crippen molar-refractivity contribution in [2.24, 2.45) is 5.92 Å². The van der Waals surface area contributed by atoms with E-state index in [0.717, 1.165) is 71.6 Å². The topological polar surface area (TPSA) is 193 Å².